The number of carbonyl (C=O) groups excluding carboxylic acids is 2. The molecule has 2 fully saturated rings. The first-order valence-corrected chi connectivity index (χ1v) is 17.9. The number of aliphatic hydroxyl groups is 1. The Morgan fingerprint density at radius 2 is 1.63 bits per heavy atom. The van der Waals surface area contributed by atoms with Gasteiger partial charge in [0.2, 0.25) is 5.56 Å². The third-order valence-electron chi connectivity index (χ3n) is 10.00. The highest BCUT2D eigenvalue weighted by Gasteiger charge is 2.25. The summed E-state index contributed by atoms with van der Waals surface area (Å²) in [7, 11) is 0. The summed E-state index contributed by atoms with van der Waals surface area (Å²) < 4.78 is 5.76. The number of piperidine rings is 2. The maximum atomic E-state index is 12.8. The van der Waals surface area contributed by atoms with Crippen molar-refractivity contribution in [2.45, 2.75) is 44.3 Å². The maximum absolute atomic E-state index is 12.8. The summed E-state index contributed by atoms with van der Waals surface area (Å²) >= 11 is 0. The first kappa shape index (κ1) is 35.9. The Balaban J connectivity index is 0.827. The Morgan fingerprint density at radius 3 is 2.41 bits per heavy atom. The smallest absolute Gasteiger partial charge is 0.411 e. The lowest BCUT2D eigenvalue weighted by Gasteiger charge is -2.33. The van der Waals surface area contributed by atoms with Crippen LogP contribution in [0.1, 0.15) is 43.8 Å². The number of likely N-dealkylation sites (tertiary alicyclic amines) is 2. The molecule has 0 unspecified atom stereocenters. The van der Waals surface area contributed by atoms with Gasteiger partial charge in [0.05, 0.1) is 17.3 Å². The van der Waals surface area contributed by atoms with Crippen molar-refractivity contribution in [2.75, 3.05) is 57.7 Å². The zero-order chi connectivity index (χ0) is 35.6. The van der Waals surface area contributed by atoms with Crippen LogP contribution in [0, 0.1) is 5.92 Å². The van der Waals surface area contributed by atoms with Gasteiger partial charge in [-0.15, -0.1) is 0 Å². The number of fused-ring (bicyclic) bond motifs is 1. The lowest BCUT2D eigenvalue weighted by Crippen LogP contribution is -2.47. The molecule has 0 spiro atoms. The predicted octanol–water partition coefficient (Wildman–Crippen LogP) is 5.05. The van der Waals surface area contributed by atoms with Gasteiger partial charge in [-0.3, -0.25) is 10.1 Å². The Hall–Kier alpha value is -4.91. The van der Waals surface area contributed by atoms with Crippen LogP contribution in [-0.4, -0.2) is 95.6 Å². The van der Waals surface area contributed by atoms with Gasteiger partial charge in [0.25, 0.3) is 0 Å². The number of H-pyrrole nitrogens is 1. The third-order valence-corrected chi connectivity index (χ3v) is 10.00. The second kappa shape index (κ2) is 17.3. The van der Waals surface area contributed by atoms with Crippen molar-refractivity contribution in [3.63, 3.8) is 0 Å². The number of amides is 3. The molecule has 6 rings (SSSR count). The van der Waals surface area contributed by atoms with Crippen LogP contribution < -0.4 is 21.5 Å². The molecule has 0 radical (unpaired) electrons. The highest BCUT2D eigenvalue weighted by atomic mass is 16.6. The summed E-state index contributed by atoms with van der Waals surface area (Å²) in [5, 5.41) is 30.8. The predicted molar refractivity (Wildman–Crippen MR) is 198 cm³/mol. The fourth-order valence-corrected chi connectivity index (χ4v) is 7.07. The van der Waals surface area contributed by atoms with Gasteiger partial charge in [-0.2, -0.15) is 0 Å². The van der Waals surface area contributed by atoms with Crippen LogP contribution in [0.2, 0.25) is 0 Å². The van der Waals surface area contributed by atoms with Gasteiger partial charge in [-0.05, 0) is 73.9 Å². The normalized spacial score (nSPS) is 16.5. The van der Waals surface area contributed by atoms with Gasteiger partial charge >= 0.3 is 12.1 Å². The number of urea groups is 1. The number of nitrogens with zero attached hydrogens (tertiary/aromatic N) is 2. The van der Waals surface area contributed by atoms with E-state index >= 15 is 0 Å². The molecule has 3 amide bonds. The summed E-state index contributed by atoms with van der Waals surface area (Å²) in [6, 6.07) is 23.8. The molecule has 0 bridgehead atoms. The van der Waals surface area contributed by atoms with Crippen LogP contribution in [0.5, 0.6) is 5.75 Å². The molecule has 4 aromatic rings. The van der Waals surface area contributed by atoms with Crippen molar-refractivity contribution < 1.29 is 24.5 Å². The largest absolute Gasteiger partial charge is 0.506 e. The van der Waals surface area contributed by atoms with E-state index < -0.39 is 12.2 Å². The molecule has 51 heavy (non-hydrogen) atoms. The molecule has 0 aliphatic carbocycles. The number of hydrogen-bond donors (Lipinski definition) is 6. The van der Waals surface area contributed by atoms with E-state index in [1.54, 1.807) is 12.1 Å². The van der Waals surface area contributed by atoms with Crippen molar-refractivity contribution in [3.05, 3.63) is 94.8 Å². The van der Waals surface area contributed by atoms with Crippen LogP contribution >= 0.6 is 0 Å². The number of pyridine rings is 1. The molecular formula is C39H48N6O6. The van der Waals surface area contributed by atoms with Crippen molar-refractivity contribution in [1.82, 2.24) is 25.4 Å². The van der Waals surface area contributed by atoms with E-state index in [9.17, 15) is 24.6 Å². The van der Waals surface area contributed by atoms with Crippen molar-refractivity contribution in [3.8, 4) is 16.9 Å². The summed E-state index contributed by atoms with van der Waals surface area (Å²) in [6.07, 6.45) is 2.95. The van der Waals surface area contributed by atoms with E-state index in [-0.39, 0.29) is 23.4 Å². The van der Waals surface area contributed by atoms with E-state index in [1.165, 1.54) is 12.1 Å². The van der Waals surface area contributed by atoms with E-state index in [0.717, 1.165) is 88.2 Å². The summed E-state index contributed by atoms with van der Waals surface area (Å²) in [6.45, 7) is 5.46. The molecule has 3 heterocycles. The Kier molecular flexibility index (Phi) is 12.2. The minimum absolute atomic E-state index is 0.0251. The topological polar surface area (TPSA) is 159 Å². The summed E-state index contributed by atoms with van der Waals surface area (Å²) in [5.74, 6) is 0.474. The monoisotopic (exact) mass is 696 g/mol. The second-order valence-electron chi connectivity index (χ2n) is 13.4. The number of hydrogen-bond acceptors (Lipinski definition) is 8. The van der Waals surface area contributed by atoms with Crippen molar-refractivity contribution >= 4 is 28.7 Å². The highest BCUT2D eigenvalue weighted by Crippen LogP contribution is 2.30. The molecule has 2 aliphatic heterocycles. The minimum atomic E-state index is -0.787. The van der Waals surface area contributed by atoms with Gasteiger partial charge in [0.1, 0.15) is 11.9 Å². The Bertz CT molecular complexity index is 1820. The first-order valence-electron chi connectivity index (χ1n) is 17.9. The lowest BCUT2D eigenvalue weighted by atomic mass is 9.93. The molecular weight excluding hydrogens is 648 g/mol. The van der Waals surface area contributed by atoms with E-state index in [2.05, 4.69) is 25.8 Å². The number of ether oxygens (including phenoxy) is 1. The molecule has 2 aliphatic rings. The number of aliphatic hydroxyl groups excluding tert-OH is 1. The molecule has 1 atom stereocenters. The van der Waals surface area contributed by atoms with Gasteiger partial charge in [0.15, 0.2) is 0 Å². The van der Waals surface area contributed by atoms with Gasteiger partial charge in [0, 0.05) is 62.8 Å². The number of phenols is 1. The number of aromatic amines is 1. The molecule has 270 valence electrons. The molecule has 1 aromatic heterocycles. The number of anilines is 1. The van der Waals surface area contributed by atoms with Gasteiger partial charge in [-0.1, -0.05) is 54.6 Å². The number of nitrogens with one attached hydrogen (secondary N) is 4. The Morgan fingerprint density at radius 1 is 0.882 bits per heavy atom. The zero-order valence-electron chi connectivity index (χ0n) is 28.9. The highest BCUT2D eigenvalue weighted by molar-refractivity contribution is 5.91. The van der Waals surface area contributed by atoms with Crippen LogP contribution in [0.3, 0.4) is 0 Å². The summed E-state index contributed by atoms with van der Waals surface area (Å²) in [5.41, 5.74) is 3.35. The standard InChI is InChI=1S/C39H48N6O6/c46-34-12-10-31(32-11-13-36(48)43-37(32)34)35(47)26-40-19-14-27-15-23-45(24-16-27)38(49)41-20-25-44-21-17-29(18-22-44)51-39(50)42-33-9-5-4-8-30(33)28-6-2-1-3-7-28/h1-13,27,29,35,40,46-47H,14-26H2,(H,41,49)(H,42,50)(H,43,48)/t35-/m0/s1. The second-order valence-corrected chi connectivity index (χ2v) is 13.4. The molecule has 3 aromatic carbocycles. The molecule has 12 heteroatoms. The van der Waals surface area contributed by atoms with Gasteiger partial charge in [-0.25, -0.2) is 9.59 Å². The average Bonchev–Trinajstić information content (AvgIpc) is 3.15. The van der Waals surface area contributed by atoms with Crippen LogP contribution in [0.4, 0.5) is 15.3 Å². The van der Waals surface area contributed by atoms with Crippen molar-refractivity contribution in [2.24, 2.45) is 5.92 Å². The quantitative estimate of drug-likeness (QED) is 0.112. The number of rotatable bonds is 12. The summed E-state index contributed by atoms with van der Waals surface area (Å²) in [4.78, 5) is 44.1. The number of carbonyl (C=O) groups is 2. The number of benzene rings is 3. The molecule has 2 saturated heterocycles. The van der Waals surface area contributed by atoms with Gasteiger partial charge < -0.3 is 40.4 Å². The van der Waals surface area contributed by atoms with E-state index in [0.29, 0.717) is 35.5 Å². The molecule has 0 saturated carbocycles. The minimum Gasteiger partial charge on any atom is -0.506 e. The van der Waals surface area contributed by atoms with Crippen LogP contribution in [0.15, 0.2) is 83.7 Å². The van der Waals surface area contributed by atoms with E-state index in [4.69, 9.17) is 4.74 Å². The third kappa shape index (κ3) is 9.66. The SMILES string of the molecule is O=C(Nc1ccccc1-c1ccccc1)OC1CCN(CCNC(=O)N2CCC(CCNC[C@H](O)c3ccc(O)c4[nH]c(=O)ccc34)CC2)CC1. The fraction of sp³-hybridized carbons (Fsp3) is 0.410. The molecule has 12 nitrogen and oxygen atoms in total. The molecule has 6 N–H and O–H groups in total. The van der Waals surface area contributed by atoms with Crippen LogP contribution in [0.25, 0.3) is 22.0 Å². The lowest BCUT2D eigenvalue weighted by molar-refractivity contribution is 0.0592. The van der Waals surface area contributed by atoms with E-state index in [1.807, 2.05) is 59.5 Å². The Labute approximate surface area is 297 Å². The number of para-hydroxylation sites is 1. The number of phenolic OH excluding ortho intramolecular Hbond substituents is 1. The maximum Gasteiger partial charge on any atom is 0.411 e. The number of aromatic nitrogens is 1. The van der Waals surface area contributed by atoms with Crippen molar-refractivity contribution in [1.29, 1.82) is 0 Å². The average molecular weight is 697 g/mol. The fourth-order valence-electron chi connectivity index (χ4n) is 7.07. The van der Waals surface area contributed by atoms with Crippen LogP contribution in [-0.2, 0) is 4.74 Å². The number of aromatic hydroxyl groups is 1. The first-order chi connectivity index (χ1) is 24.8. The zero-order valence-corrected chi connectivity index (χ0v) is 28.9.